The highest BCUT2D eigenvalue weighted by atomic mass is 16.5. The molecule has 4 unspecified atom stereocenters. The maximum absolute atomic E-state index is 13.0. The van der Waals surface area contributed by atoms with Crippen molar-refractivity contribution in [1.29, 1.82) is 0 Å². The van der Waals surface area contributed by atoms with Crippen LogP contribution in [0.1, 0.15) is 97.7 Å². The normalized spacial score (nSPS) is 18.4. The van der Waals surface area contributed by atoms with Crippen LogP contribution in [0.5, 0.6) is 0 Å². The maximum Gasteiger partial charge on any atom is 0.170 e. The average molecular weight is 1260 g/mol. The molecule has 0 saturated heterocycles. The Morgan fingerprint density at radius 3 is 1.43 bits per heavy atom. The van der Waals surface area contributed by atoms with Gasteiger partial charge in [0.2, 0.25) is 0 Å². The van der Waals surface area contributed by atoms with Crippen LogP contribution in [-0.4, -0.2) is 123 Å². The zero-order valence-electron chi connectivity index (χ0n) is 55.6. The van der Waals surface area contributed by atoms with Crippen LogP contribution in [0.2, 0.25) is 0 Å². The summed E-state index contributed by atoms with van der Waals surface area (Å²) in [6.07, 6.45) is 27.4. The van der Waals surface area contributed by atoms with Gasteiger partial charge in [0.05, 0.1) is 50.0 Å². The number of hydrogen-bond acceptors (Lipinski definition) is 16. The number of nitrogens with one attached hydrogen (secondary N) is 1. The van der Waals surface area contributed by atoms with Gasteiger partial charge in [0.1, 0.15) is 17.5 Å². The molecule has 0 saturated carbocycles. The number of fused-ring (bicyclic) bond motifs is 3. The van der Waals surface area contributed by atoms with Gasteiger partial charge in [-0.2, -0.15) is 0 Å². The van der Waals surface area contributed by atoms with Crippen LogP contribution < -0.4 is 21.3 Å². The van der Waals surface area contributed by atoms with Crippen molar-refractivity contribution in [3.05, 3.63) is 198 Å². The SMILES string of the molecule is CN(N)c1ccccc1.COC1=CC(=O)C(CN(C)C)CC1.COC1=CC(=O)C(Cn2ccnc2C)CC1.COC1=CC(=O)CCC1.Cc1nccn1CC1CCC(NN(C)c2ccccc2)=CC1=O.Cc1nccn1CC1CCc2c(c3ccccc3n2C)C1=O. The number of carbonyl (C=O) groups excluding carboxylic acids is 5. The molecule has 4 aromatic heterocycles. The largest absolute Gasteiger partial charge is 0.501 e. The zero-order valence-corrected chi connectivity index (χ0v) is 55.6. The van der Waals surface area contributed by atoms with Crippen molar-refractivity contribution in [2.24, 2.45) is 36.6 Å². The fourth-order valence-corrected chi connectivity index (χ4v) is 11.7. The minimum atomic E-state index is 0.0375. The van der Waals surface area contributed by atoms with Gasteiger partial charge in [-0.1, -0.05) is 54.6 Å². The predicted octanol–water partition coefficient (Wildman–Crippen LogP) is 10.8. The number of allylic oxidation sites excluding steroid dienone is 8. The molecule has 490 valence electrons. The first-order valence-corrected chi connectivity index (χ1v) is 31.6. The predicted molar refractivity (Wildman–Crippen MR) is 361 cm³/mol. The van der Waals surface area contributed by atoms with Crippen molar-refractivity contribution in [3.63, 3.8) is 0 Å². The van der Waals surface area contributed by atoms with Gasteiger partial charge in [0, 0.05) is 186 Å². The van der Waals surface area contributed by atoms with Crippen LogP contribution >= 0.6 is 0 Å². The Labute approximate surface area is 542 Å². The summed E-state index contributed by atoms with van der Waals surface area (Å²) in [5.74, 6) is 12.1. The second-order valence-corrected chi connectivity index (χ2v) is 23.9. The van der Waals surface area contributed by atoms with Crippen LogP contribution in [0.4, 0.5) is 11.4 Å². The molecule has 0 bridgehead atoms. The smallest absolute Gasteiger partial charge is 0.170 e. The van der Waals surface area contributed by atoms with Crippen molar-refractivity contribution in [1.82, 2.24) is 43.5 Å². The molecule has 0 amide bonds. The molecular weight excluding hydrogens is 1160 g/mol. The molecule has 4 heterocycles. The fourth-order valence-electron chi connectivity index (χ4n) is 11.7. The molecule has 5 aliphatic carbocycles. The van der Waals surface area contributed by atoms with Crippen molar-refractivity contribution in [3.8, 4) is 0 Å². The third kappa shape index (κ3) is 20.2. The van der Waals surface area contributed by atoms with E-state index < -0.39 is 0 Å². The lowest BCUT2D eigenvalue weighted by Crippen LogP contribution is -2.36. The van der Waals surface area contributed by atoms with Gasteiger partial charge in [-0.05, 0) is 110 Å². The molecule has 3 aromatic carbocycles. The lowest BCUT2D eigenvalue weighted by Gasteiger charge is -2.27. The molecule has 20 nitrogen and oxygen atoms in total. The number of nitrogens with two attached hydrogens (primary N) is 1. The summed E-state index contributed by atoms with van der Waals surface area (Å²) in [6, 6.07) is 28.0. The Balaban J connectivity index is 0.000000162. The molecule has 12 rings (SSSR count). The maximum atomic E-state index is 13.0. The van der Waals surface area contributed by atoms with Crippen molar-refractivity contribution in [2.75, 3.05) is 66.1 Å². The number of anilines is 2. The molecule has 0 radical (unpaired) electrons. The number of benzene rings is 3. The third-order valence-corrected chi connectivity index (χ3v) is 17.1. The first kappa shape index (κ1) is 70.3. The highest BCUT2D eigenvalue weighted by Crippen LogP contribution is 2.35. The molecule has 7 aromatic rings. The van der Waals surface area contributed by atoms with Crippen LogP contribution in [0.15, 0.2) is 169 Å². The number of ether oxygens (including phenoxy) is 3. The number of hydrazine groups is 2. The number of para-hydroxylation sites is 3. The van der Waals surface area contributed by atoms with Gasteiger partial charge < -0.3 is 47.8 Å². The summed E-state index contributed by atoms with van der Waals surface area (Å²) in [6.45, 7) is 8.89. The molecule has 20 heteroatoms. The Bertz CT molecular complexity index is 3680. The summed E-state index contributed by atoms with van der Waals surface area (Å²) in [5.41, 5.74) is 9.65. The van der Waals surface area contributed by atoms with Crippen LogP contribution in [0.3, 0.4) is 0 Å². The standard InChI is InChI=1S/C18H22N4O.C18H19N3O.C12H16N2O2.C10H17NO2.C7H10N2.C7H10O2/c1-14-19-10-11-22(14)13-15-8-9-16(12-18(15)23)20-21(2)17-6-4-3-5-7-17;1-12-19-9-10-21(12)11-13-7-8-16-17(18(13)22)14-5-3-4-6-15(14)20(16)2;1-9-13-5-6-14(9)8-10-3-4-11(16-2)7-12(10)15;1-11(2)7-8-4-5-9(13-3)6-10(8)12;1-9(8)7-5-3-2-4-6-7;1-9-7-4-2-3-6(8)5-7/h3-7,10-12,15,20H,8-9,13H2,1-2H3;3-6,9-10,13H,7-8,11H2,1-2H3;5-7,10H,3-4,8H2,1-2H3;6,8H,4-5,7H2,1-3H3;2-6H,8H2,1H3;5H,2-4H2,1H3. The Morgan fingerprint density at radius 1 is 0.533 bits per heavy atom. The number of aryl methyl sites for hydroxylation is 4. The second-order valence-electron chi connectivity index (χ2n) is 23.9. The van der Waals surface area contributed by atoms with E-state index in [9.17, 15) is 24.0 Å². The Kier molecular flexibility index (Phi) is 26.7. The number of Topliss-reactive ketones (excluding diaryl/α,β-unsaturated/α-hetero) is 1. The van der Waals surface area contributed by atoms with Gasteiger partial charge in [-0.25, -0.2) is 20.8 Å². The molecule has 0 aliphatic heterocycles. The van der Waals surface area contributed by atoms with Crippen LogP contribution in [-0.2, 0) is 66.5 Å². The highest BCUT2D eigenvalue weighted by Gasteiger charge is 2.33. The van der Waals surface area contributed by atoms with E-state index in [4.69, 9.17) is 20.1 Å². The molecule has 5 aliphatic rings. The number of ketones is 5. The van der Waals surface area contributed by atoms with Crippen LogP contribution in [0.25, 0.3) is 10.9 Å². The summed E-state index contributed by atoms with van der Waals surface area (Å²) >= 11 is 0. The summed E-state index contributed by atoms with van der Waals surface area (Å²) in [7, 11) is 14.6. The molecule has 92 heavy (non-hydrogen) atoms. The minimum absolute atomic E-state index is 0.0375. The molecule has 4 atom stereocenters. The van der Waals surface area contributed by atoms with Gasteiger partial charge in [0.25, 0.3) is 0 Å². The topological polar surface area (TPSA) is 219 Å². The van der Waals surface area contributed by atoms with E-state index in [1.54, 1.807) is 69.2 Å². The molecule has 0 fully saturated rings. The number of imidazole rings is 3. The first-order chi connectivity index (χ1) is 44.3. The first-order valence-electron chi connectivity index (χ1n) is 31.6. The molecular formula is C72H94N12O8. The van der Waals surface area contributed by atoms with Crippen LogP contribution in [0, 0.1) is 44.4 Å². The van der Waals surface area contributed by atoms with E-state index in [-0.39, 0.29) is 52.6 Å². The van der Waals surface area contributed by atoms with Crippen molar-refractivity contribution < 1.29 is 38.2 Å². The monoisotopic (exact) mass is 1250 g/mol. The lowest BCUT2D eigenvalue weighted by molar-refractivity contribution is -0.120. The lowest BCUT2D eigenvalue weighted by atomic mass is 9.85. The van der Waals surface area contributed by atoms with Gasteiger partial charge in [-0.3, -0.25) is 29.0 Å². The van der Waals surface area contributed by atoms with Crippen molar-refractivity contribution in [2.45, 2.75) is 111 Å². The Hall–Kier alpha value is -9.14. The number of aromatic nitrogens is 7. The van der Waals surface area contributed by atoms with E-state index in [1.165, 1.54) is 5.69 Å². The van der Waals surface area contributed by atoms with E-state index >= 15 is 0 Å². The zero-order chi connectivity index (χ0) is 66.3. The number of rotatable bonds is 15. The Morgan fingerprint density at radius 2 is 0.989 bits per heavy atom. The number of carbonyl (C=O) groups is 5. The van der Waals surface area contributed by atoms with E-state index in [2.05, 4.69) is 48.7 Å². The summed E-state index contributed by atoms with van der Waals surface area (Å²) < 4.78 is 23.4. The fraction of sp³-hybridized carbons (Fsp3) is 0.417. The minimum Gasteiger partial charge on any atom is -0.501 e. The average Bonchev–Trinajstić information content (AvgIpc) is 1.60. The summed E-state index contributed by atoms with van der Waals surface area (Å²) in [5, 5.41) is 4.62. The highest BCUT2D eigenvalue weighted by molar-refractivity contribution is 6.11. The van der Waals surface area contributed by atoms with Gasteiger partial charge in [0.15, 0.2) is 28.9 Å². The third-order valence-electron chi connectivity index (χ3n) is 17.1. The van der Waals surface area contributed by atoms with E-state index in [0.717, 1.165) is 152 Å². The molecule has 3 N–H and O–H groups in total. The number of methoxy groups -OCH3 is 3. The second kappa shape index (κ2) is 34.9. The summed E-state index contributed by atoms with van der Waals surface area (Å²) in [4.78, 5) is 74.1. The van der Waals surface area contributed by atoms with Gasteiger partial charge in [-0.15, -0.1) is 0 Å². The van der Waals surface area contributed by atoms with E-state index in [0.29, 0.717) is 13.0 Å². The van der Waals surface area contributed by atoms with Crippen molar-refractivity contribution >= 4 is 51.2 Å². The molecule has 0 spiro atoms. The number of nitrogens with zero attached hydrogens (tertiary/aromatic N) is 10. The van der Waals surface area contributed by atoms with E-state index in [1.807, 2.05) is 159 Å². The quantitative estimate of drug-likeness (QED) is 0.0720. The number of hydrogen-bond donors (Lipinski definition) is 2. The van der Waals surface area contributed by atoms with Gasteiger partial charge >= 0.3 is 0 Å².